The van der Waals surface area contributed by atoms with Crippen molar-refractivity contribution in [1.82, 2.24) is 0 Å². The van der Waals surface area contributed by atoms with Gasteiger partial charge in [-0.1, -0.05) is 13.3 Å². The first-order valence-electron chi connectivity index (χ1n) is 3.49. The van der Waals surface area contributed by atoms with Crippen LogP contribution in [0.2, 0.25) is 0 Å². The van der Waals surface area contributed by atoms with Crippen molar-refractivity contribution in [2.75, 3.05) is 14.2 Å². The third kappa shape index (κ3) is 17.6. The molecule has 1 unspecified atom stereocenters. The molecule has 15 heavy (non-hydrogen) atoms. The standard InChI is InChI=1S/C6H16O2SSi.4H2O.Ti/c1-4-5-6(9)10(7-2)8-3;;;;;/h6,9-10H,4-5H2,1-3H3;4*1H2;. The molecule has 0 aromatic heterocycles. The average molecular weight is 300 g/mol. The van der Waals surface area contributed by atoms with Gasteiger partial charge in [0.2, 0.25) is 0 Å². The maximum Gasteiger partial charge on any atom is 0.334 e. The van der Waals surface area contributed by atoms with Crippen LogP contribution in [-0.2, 0) is 30.6 Å². The van der Waals surface area contributed by atoms with Crippen LogP contribution in [0.25, 0.3) is 0 Å². The van der Waals surface area contributed by atoms with Crippen LogP contribution in [-0.4, -0.2) is 50.3 Å². The van der Waals surface area contributed by atoms with Gasteiger partial charge in [-0.15, -0.1) is 0 Å². The van der Waals surface area contributed by atoms with Crippen LogP contribution in [0.1, 0.15) is 19.8 Å². The largest absolute Gasteiger partial charge is 0.412 e. The molecule has 0 aliphatic heterocycles. The third-order valence-corrected chi connectivity index (χ3v) is 4.24. The third-order valence-electron chi connectivity index (χ3n) is 1.36. The van der Waals surface area contributed by atoms with Crippen LogP contribution < -0.4 is 0 Å². The van der Waals surface area contributed by atoms with Crippen molar-refractivity contribution in [3.05, 3.63) is 0 Å². The van der Waals surface area contributed by atoms with Gasteiger partial charge in [-0.25, -0.2) is 0 Å². The van der Waals surface area contributed by atoms with Gasteiger partial charge >= 0.3 is 9.28 Å². The van der Waals surface area contributed by atoms with Crippen molar-refractivity contribution in [2.24, 2.45) is 0 Å². The molecule has 0 rings (SSSR count). The van der Waals surface area contributed by atoms with Crippen molar-refractivity contribution >= 4 is 21.9 Å². The zero-order valence-electron chi connectivity index (χ0n) is 9.33. The Balaban J connectivity index is -0.0000000405. The normalized spacial score (nSPS) is 9.40. The summed E-state index contributed by atoms with van der Waals surface area (Å²) in [6.07, 6.45) is 2.23. The first kappa shape index (κ1) is 36.0. The summed E-state index contributed by atoms with van der Waals surface area (Å²) in [7, 11) is 1.95. The van der Waals surface area contributed by atoms with Gasteiger partial charge in [-0.2, -0.15) is 12.6 Å². The van der Waals surface area contributed by atoms with E-state index in [0.29, 0.717) is 4.87 Å². The fraction of sp³-hybridized carbons (Fsp3) is 1.00. The van der Waals surface area contributed by atoms with Crippen LogP contribution in [0, 0.1) is 0 Å². The van der Waals surface area contributed by atoms with Crippen LogP contribution in [0.4, 0.5) is 0 Å². The molecule has 0 aromatic carbocycles. The molecule has 0 aliphatic carbocycles. The first-order chi connectivity index (χ1) is 4.76. The summed E-state index contributed by atoms with van der Waals surface area (Å²) >= 11 is 4.38. The topological polar surface area (TPSA) is 144 Å². The van der Waals surface area contributed by atoms with Gasteiger partial charge < -0.3 is 30.8 Å². The molecule has 0 radical (unpaired) electrons. The van der Waals surface area contributed by atoms with E-state index in [-0.39, 0.29) is 43.6 Å². The molecule has 0 spiro atoms. The second-order valence-corrected chi connectivity index (χ2v) is 5.90. The van der Waals surface area contributed by atoms with Crippen molar-refractivity contribution in [1.29, 1.82) is 0 Å². The van der Waals surface area contributed by atoms with E-state index >= 15 is 0 Å². The van der Waals surface area contributed by atoms with Gasteiger partial charge in [0.15, 0.2) is 0 Å². The molecule has 0 bridgehead atoms. The maximum absolute atomic E-state index is 5.15. The molecule has 8 N–H and O–H groups in total. The van der Waals surface area contributed by atoms with E-state index in [4.69, 9.17) is 8.85 Å². The summed E-state index contributed by atoms with van der Waals surface area (Å²) in [6, 6.07) is 0. The monoisotopic (exact) mass is 300 g/mol. The summed E-state index contributed by atoms with van der Waals surface area (Å²) in [6.45, 7) is 2.14. The SMILES string of the molecule is CCCC(S)[SiH](OC)OC.O.O.O.O.[Ti]. The second-order valence-electron chi connectivity index (χ2n) is 2.20. The van der Waals surface area contributed by atoms with Gasteiger partial charge in [0, 0.05) is 40.8 Å². The molecule has 0 saturated heterocycles. The van der Waals surface area contributed by atoms with E-state index < -0.39 is 9.28 Å². The summed E-state index contributed by atoms with van der Waals surface area (Å²) in [4.78, 5) is 0.333. The van der Waals surface area contributed by atoms with E-state index in [0.717, 1.165) is 12.8 Å². The van der Waals surface area contributed by atoms with Crippen molar-refractivity contribution in [3.63, 3.8) is 0 Å². The Kier molecular flexibility index (Phi) is 58.4. The first-order valence-corrected chi connectivity index (χ1v) is 5.62. The Morgan fingerprint density at radius 3 is 1.60 bits per heavy atom. The number of thiol groups is 1. The van der Waals surface area contributed by atoms with Crippen LogP contribution in [0.15, 0.2) is 0 Å². The molecule has 0 amide bonds. The molecule has 9 heteroatoms. The van der Waals surface area contributed by atoms with E-state index in [1.807, 2.05) is 0 Å². The Bertz CT molecular complexity index is 90.0. The minimum Gasteiger partial charge on any atom is -0.412 e. The van der Waals surface area contributed by atoms with Crippen molar-refractivity contribution < 1.29 is 52.5 Å². The average Bonchev–Trinajstić information content (AvgIpc) is 1.91. The quantitative estimate of drug-likeness (QED) is 0.455. The Labute approximate surface area is 113 Å². The molecule has 0 saturated carbocycles. The molecule has 0 aromatic rings. The van der Waals surface area contributed by atoms with E-state index in [1.165, 1.54) is 0 Å². The van der Waals surface area contributed by atoms with Gasteiger partial charge in [-0.3, -0.25) is 0 Å². The Hall–Kier alpha value is 1.04. The predicted octanol–water partition coefficient (Wildman–Crippen LogP) is -2.16. The fourth-order valence-corrected chi connectivity index (χ4v) is 3.26. The van der Waals surface area contributed by atoms with Gasteiger partial charge in [0.05, 0.1) is 0 Å². The summed E-state index contributed by atoms with van der Waals surface area (Å²) in [5, 5.41) is 0. The van der Waals surface area contributed by atoms with Crippen molar-refractivity contribution in [3.8, 4) is 0 Å². The molecular formula is C6H24O6SSiTi. The molecule has 0 aliphatic rings. The number of rotatable bonds is 5. The summed E-state index contributed by atoms with van der Waals surface area (Å²) in [5.74, 6) is 0. The van der Waals surface area contributed by atoms with E-state index in [1.54, 1.807) is 14.2 Å². The van der Waals surface area contributed by atoms with Crippen LogP contribution in [0.3, 0.4) is 0 Å². The number of hydrogen-bond acceptors (Lipinski definition) is 3. The van der Waals surface area contributed by atoms with Gasteiger partial charge in [0.25, 0.3) is 0 Å². The minimum atomic E-state index is -1.44. The van der Waals surface area contributed by atoms with E-state index in [9.17, 15) is 0 Å². The smallest absolute Gasteiger partial charge is 0.334 e. The predicted molar refractivity (Wildman–Crippen MR) is 63.3 cm³/mol. The van der Waals surface area contributed by atoms with Crippen LogP contribution >= 0.6 is 12.6 Å². The Morgan fingerprint density at radius 2 is 1.40 bits per heavy atom. The second kappa shape index (κ2) is 24.3. The molecular weight excluding hydrogens is 276 g/mol. The van der Waals surface area contributed by atoms with Gasteiger partial charge in [0.1, 0.15) is 0 Å². The fourth-order valence-electron chi connectivity index (χ4n) is 0.842. The minimum absolute atomic E-state index is 0. The molecule has 6 nitrogen and oxygen atoms in total. The van der Waals surface area contributed by atoms with Crippen LogP contribution in [0.5, 0.6) is 0 Å². The van der Waals surface area contributed by atoms with Crippen molar-refractivity contribution in [2.45, 2.75) is 24.6 Å². The summed E-state index contributed by atoms with van der Waals surface area (Å²) in [5.41, 5.74) is 0. The maximum atomic E-state index is 5.15. The van der Waals surface area contributed by atoms with Gasteiger partial charge in [-0.05, 0) is 6.42 Å². The molecule has 1 atom stereocenters. The molecule has 0 fully saturated rings. The zero-order chi connectivity index (χ0) is 7.98. The number of hydrogen-bond donors (Lipinski definition) is 1. The summed E-state index contributed by atoms with van der Waals surface area (Å²) < 4.78 is 10.3. The van der Waals surface area contributed by atoms with E-state index in [2.05, 4.69) is 19.6 Å². The Morgan fingerprint density at radius 1 is 1.07 bits per heavy atom. The molecule has 0 heterocycles. The molecule has 98 valence electrons. The zero-order valence-corrected chi connectivity index (χ0v) is 12.9.